The minimum Gasteiger partial charge on any atom is -0.369 e. The normalized spacial score (nSPS) is 11.5. The second-order valence-corrected chi connectivity index (χ2v) is 5.17. The van der Waals surface area contributed by atoms with Gasteiger partial charge in [-0.3, -0.25) is 0 Å². The van der Waals surface area contributed by atoms with E-state index in [4.69, 9.17) is 17.3 Å². The van der Waals surface area contributed by atoms with Crippen LogP contribution in [0.4, 0.5) is 5.95 Å². The van der Waals surface area contributed by atoms with Gasteiger partial charge < -0.3 is 10.3 Å². The Morgan fingerprint density at radius 2 is 2.18 bits per heavy atom. The van der Waals surface area contributed by atoms with E-state index >= 15 is 0 Å². The summed E-state index contributed by atoms with van der Waals surface area (Å²) in [6.45, 7) is 5.36. The van der Waals surface area contributed by atoms with Crippen molar-refractivity contribution >= 4 is 28.6 Å². The van der Waals surface area contributed by atoms with Crippen LogP contribution in [0.25, 0.3) is 11.0 Å². The van der Waals surface area contributed by atoms with Crippen LogP contribution < -0.4 is 5.73 Å². The molecule has 0 radical (unpaired) electrons. The molecule has 0 aliphatic carbocycles. The molecule has 0 aliphatic heterocycles. The highest BCUT2D eigenvalue weighted by molar-refractivity contribution is 6.35. The van der Waals surface area contributed by atoms with Crippen molar-refractivity contribution in [1.29, 1.82) is 0 Å². The average Bonchev–Trinajstić information content (AvgIpc) is 2.57. The first kappa shape index (κ1) is 12.2. The molecular weight excluding hydrogens is 234 g/mol. The molecule has 0 saturated carbocycles. The molecule has 0 bridgehead atoms. The number of aryl methyl sites for hydroxylation is 1. The maximum atomic E-state index is 6.10. The van der Waals surface area contributed by atoms with E-state index in [-0.39, 0.29) is 0 Å². The van der Waals surface area contributed by atoms with Crippen LogP contribution in [-0.4, -0.2) is 9.55 Å². The van der Waals surface area contributed by atoms with Gasteiger partial charge in [0.05, 0.1) is 10.5 Å². The quantitative estimate of drug-likeness (QED) is 0.900. The van der Waals surface area contributed by atoms with E-state index in [1.807, 2.05) is 22.8 Å². The third kappa shape index (κ3) is 2.55. The summed E-state index contributed by atoms with van der Waals surface area (Å²) in [5, 5.41) is 0.664. The van der Waals surface area contributed by atoms with Gasteiger partial charge in [-0.25, -0.2) is 4.98 Å². The average molecular weight is 252 g/mol. The van der Waals surface area contributed by atoms with Gasteiger partial charge in [-0.2, -0.15) is 0 Å². The van der Waals surface area contributed by atoms with Gasteiger partial charge in [0.1, 0.15) is 5.52 Å². The number of para-hydroxylation sites is 1. The fourth-order valence-corrected chi connectivity index (χ4v) is 2.24. The maximum Gasteiger partial charge on any atom is 0.201 e. The molecule has 0 aliphatic rings. The van der Waals surface area contributed by atoms with E-state index in [1.165, 1.54) is 6.42 Å². The Bertz CT molecular complexity index is 517. The topological polar surface area (TPSA) is 43.8 Å². The third-order valence-corrected chi connectivity index (χ3v) is 3.23. The molecule has 1 aromatic heterocycles. The summed E-state index contributed by atoms with van der Waals surface area (Å²) >= 11 is 6.10. The SMILES string of the molecule is CC(C)CCCn1c(N)nc2c(Cl)cccc21. The highest BCUT2D eigenvalue weighted by atomic mass is 35.5. The van der Waals surface area contributed by atoms with Crippen molar-refractivity contribution in [3.63, 3.8) is 0 Å². The van der Waals surface area contributed by atoms with E-state index < -0.39 is 0 Å². The largest absolute Gasteiger partial charge is 0.369 e. The first-order chi connectivity index (χ1) is 8.09. The van der Waals surface area contributed by atoms with Crippen LogP contribution in [0.3, 0.4) is 0 Å². The number of nitrogens with two attached hydrogens (primary N) is 1. The molecule has 2 rings (SSSR count). The molecule has 1 heterocycles. The van der Waals surface area contributed by atoms with E-state index in [9.17, 15) is 0 Å². The van der Waals surface area contributed by atoms with Crippen molar-refractivity contribution in [3.8, 4) is 0 Å². The van der Waals surface area contributed by atoms with E-state index in [0.717, 1.165) is 29.9 Å². The van der Waals surface area contributed by atoms with Gasteiger partial charge in [-0.1, -0.05) is 31.5 Å². The van der Waals surface area contributed by atoms with Crippen molar-refractivity contribution in [1.82, 2.24) is 9.55 Å². The van der Waals surface area contributed by atoms with Crippen LogP contribution in [0, 0.1) is 5.92 Å². The fraction of sp³-hybridized carbons (Fsp3) is 0.462. The molecule has 2 N–H and O–H groups in total. The Labute approximate surface area is 107 Å². The summed E-state index contributed by atoms with van der Waals surface area (Å²) in [7, 11) is 0. The summed E-state index contributed by atoms with van der Waals surface area (Å²) in [6.07, 6.45) is 2.31. The number of benzene rings is 1. The lowest BCUT2D eigenvalue weighted by Gasteiger charge is -2.08. The zero-order chi connectivity index (χ0) is 12.4. The van der Waals surface area contributed by atoms with E-state index in [1.54, 1.807) is 0 Å². The zero-order valence-electron chi connectivity index (χ0n) is 10.3. The summed E-state index contributed by atoms with van der Waals surface area (Å²) in [5.41, 5.74) is 7.76. The lowest BCUT2D eigenvalue weighted by Crippen LogP contribution is -2.04. The summed E-state index contributed by atoms with van der Waals surface area (Å²) in [5.74, 6) is 1.27. The molecule has 4 heteroatoms. The molecule has 0 atom stereocenters. The Balaban J connectivity index is 2.27. The molecule has 0 spiro atoms. The molecule has 0 fully saturated rings. The first-order valence-corrected chi connectivity index (χ1v) is 6.37. The van der Waals surface area contributed by atoms with Crippen LogP contribution in [-0.2, 0) is 6.54 Å². The van der Waals surface area contributed by atoms with Crippen molar-refractivity contribution in [2.45, 2.75) is 33.2 Å². The maximum absolute atomic E-state index is 6.10. The van der Waals surface area contributed by atoms with Crippen LogP contribution in [0.5, 0.6) is 0 Å². The molecule has 0 saturated heterocycles. The number of halogens is 1. The Hall–Kier alpha value is -1.22. The van der Waals surface area contributed by atoms with Gasteiger partial charge in [0.2, 0.25) is 5.95 Å². The monoisotopic (exact) mass is 251 g/mol. The minimum atomic E-state index is 0.553. The predicted molar refractivity (Wildman–Crippen MR) is 73.2 cm³/mol. The molecule has 1 aromatic carbocycles. The van der Waals surface area contributed by atoms with Gasteiger partial charge in [0, 0.05) is 6.54 Å². The van der Waals surface area contributed by atoms with Gasteiger partial charge >= 0.3 is 0 Å². The molecule has 3 nitrogen and oxygen atoms in total. The molecule has 0 amide bonds. The van der Waals surface area contributed by atoms with Crippen molar-refractivity contribution in [3.05, 3.63) is 23.2 Å². The Kier molecular flexibility index (Phi) is 3.57. The summed E-state index contributed by atoms with van der Waals surface area (Å²) < 4.78 is 2.05. The summed E-state index contributed by atoms with van der Waals surface area (Å²) in [6, 6.07) is 5.79. The number of anilines is 1. The molecule has 92 valence electrons. The van der Waals surface area contributed by atoms with Crippen LogP contribution in [0.15, 0.2) is 18.2 Å². The van der Waals surface area contributed by atoms with Crippen LogP contribution in [0.1, 0.15) is 26.7 Å². The smallest absolute Gasteiger partial charge is 0.201 e. The number of rotatable bonds is 4. The second-order valence-electron chi connectivity index (χ2n) is 4.77. The molecular formula is C13H18ClN3. The molecule has 2 aromatic rings. The number of nitrogen functional groups attached to an aromatic ring is 1. The van der Waals surface area contributed by atoms with Crippen molar-refractivity contribution in [2.75, 3.05) is 5.73 Å². The second kappa shape index (κ2) is 4.96. The number of nitrogens with zero attached hydrogens (tertiary/aromatic N) is 2. The third-order valence-electron chi connectivity index (χ3n) is 2.92. The predicted octanol–water partition coefficient (Wildman–Crippen LogP) is 3.71. The number of aromatic nitrogens is 2. The minimum absolute atomic E-state index is 0.553. The van der Waals surface area contributed by atoms with Crippen LogP contribution in [0.2, 0.25) is 5.02 Å². The standard InChI is InChI=1S/C13H18ClN3/c1-9(2)5-4-8-17-11-7-3-6-10(14)12(11)16-13(17)15/h3,6-7,9H,4-5,8H2,1-2H3,(H2,15,16). The molecule has 0 unspecified atom stereocenters. The molecule has 17 heavy (non-hydrogen) atoms. The van der Waals surface area contributed by atoms with E-state index in [0.29, 0.717) is 11.0 Å². The number of imidazole rings is 1. The lowest BCUT2D eigenvalue weighted by atomic mass is 10.1. The fourth-order valence-electron chi connectivity index (χ4n) is 2.02. The number of hydrogen-bond acceptors (Lipinski definition) is 2. The Morgan fingerprint density at radius 1 is 1.41 bits per heavy atom. The van der Waals surface area contributed by atoms with Crippen molar-refractivity contribution < 1.29 is 0 Å². The van der Waals surface area contributed by atoms with Gasteiger partial charge in [0.15, 0.2) is 0 Å². The Morgan fingerprint density at radius 3 is 2.88 bits per heavy atom. The highest BCUT2D eigenvalue weighted by Gasteiger charge is 2.10. The number of hydrogen-bond donors (Lipinski definition) is 1. The van der Waals surface area contributed by atoms with Gasteiger partial charge in [-0.05, 0) is 30.9 Å². The van der Waals surface area contributed by atoms with Gasteiger partial charge in [-0.15, -0.1) is 0 Å². The van der Waals surface area contributed by atoms with Crippen LogP contribution >= 0.6 is 11.6 Å². The van der Waals surface area contributed by atoms with Gasteiger partial charge in [0.25, 0.3) is 0 Å². The number of fused-ring (bicyclic) bond motifs is 1. The first-order valence-electron chi connectivity index (χ1n) is 6.00. The highest BCUT2D eigenvalue weighted by Crippen LogP contribution is 2.25. The zero-order valence-corrected chi connectivity index (χ0v) is 11.0. The lowest BCUT2D eigenvalue weighted by molar-refractivity contribution is 0.519. The van der Waals surface area contributed by atoms with Crippen molar-refractivity contribution in [2.24, 2.45) is 5.92 Å². The summed E-state index contributed by atoms with van der Waals surface area (Å²) in [4.78, 5) is 4.32. The van der Waals surface area contributed by atoms with E-state index in [2.05, 4.69) is 18.8 Å².